The van der Waals surface area contributed by atoms with Crippen molar-refractivity contribution >= 4 is 79.4 Å². The van der Waals surface area contributed by atoms with Crippen molar-refractivity contribution in [3.8, 4) is 0 Å². The number of hydrogen-bond acceptors (Lipinski definition) is 0. The van der Waals surface area contributed by atoms with E-state index in [0.717, 1.165) is 5.02 Å². The molecule has 1 aromatic carbocycles. The topological polar surface area (TPSA) is 0 Å². The molecule has 0 saturated carbocycles. The van der Waals surface area contributed by atoms with E-state index in [2.05, 4.69) is 67.8 Å². The zero-order chi connectivity index (χ0) is 7.72. The fourth-order valence-corrected chi connectivity index (χ4v) is 3.19. The van der Waals surface area contributed by atoms with Gasteiger partial charge in [0, 0.05) is 15.7 Å². The molecule has 0 spiro atoms. The molecule has 0 nitrogen and oxygen atoms in total. The molecule has 54 valence electrons. The minimum absolute atomic E-state index is 0.814. The van der Waals surface area contributed by atoms with Gasteiger partial charge in [-0.05, 0) is 79.9 Å². The predicted molar refractivity (Wildman–Crippen MR) is 69.6 cm³/mol. The molecule has 10 heavy (non-hydrogen) atoms. The molecule has 0 atom stereocenters. The maximum absolute atomic E-state index is 5.81. The Labute approximate surface area is 106 Å². The Bertz CT molecular complexity index is 236. The van der Waals surface area contributed by atoms with Gasteiger partial charge >= 0.3 is 0 Å². The minimum atomic E-state index is 0.814. The molecule has 0 heterocycles. The lowest BCUT2D eigenvalue weighted by Crippen LogP contribution is -1.83. The second kappa shape index (κ2) is 4.08. The minimum Gasteiger partial charge on any atom is -0.0843 e. The van der Waals surface area contributed by atoms with E-state index in [1.54, 1.807) is 0 Å². The van der Waals surface area contributed by atoms with Gasteiger partial charge < -0.3 is 0 Å². The van der Waals surface area contributed by atoms with Gasteiger partial charge in [0.25, 0.3) is 0 Å². The Hall–Kier alpha value is 1.70. The van der Waals surface area contributed by atoms with Crippen LogP contribution in [0.1, 0.15) is 0 Å². The third-order valence-electron chi connectivity index (χ3n) is 0.949. The second-order valence-electron chi connectivity index (χ2n) is 1.68. The van der Waals surface area contributed by atoms with E-state index in [1.807, 2.05) is 12.1 Å². The highest BCUT2D eigenvalue weighted by Gasteiger charge is 2.01. The Morgan fingerprint density at radius 3 is 1.80 bits per heavy atom. The van der Waals surface area contributed by atoms with E-state index < -0.39 is 0 Å². The van der Waals surface area contributed by atoms with E-state index in [0.29, 0.717) is 0 Å². The molecule has 1 rings (SSSR count). The molecule has 0 N–H and O–H groups in total. The van der Waals surface area contributed by atoms with Gasteiger partial charge in [-0.15, -0.1) is 0 Å². The van der Waals surface area contributed by atoms with Crippen molar-refractivity contribution in [2.75, 3.05) is 0 Å². The third kappa shape index (κ3) is 2.34. The first kappa shape index (κ1) is 9.79. The van der Waals surface area contributed by atoms with Crippen molar-refractivity contribution in [1.29, 1.82) is 0 Å². The lowest BCUT2D eigenvalue weighted by Gasteiger charge is -1.99. The molecule has 0 unspecified atom stereocenters. The van der Waals surface area contributed by atoms with E-state index in [4.69, 9.17) is 11.6 Å². The molecule has 0 bridgehead atoms. The van der Waals surface area contributed by atoms with Crippen LogP contribution in [0.25, 0.3) is 0 Å². The number of rotatable bonds is 0. The largest absolute Gasteiger partial charge is 0.0843 e. The van der Waals surface area contributed by atoms with Gasteiger partial charge in [-0.2, -0.15) is 0 Å². The first-order valence-corrected chi connectivity index (χ1v) is 6.02. The molecule has 0 aromatic heterocycles. The number of halogens is 4. The summed E-state index contributed by atoms with van der Waals surface area (Å²) in [5, 5.41) is 0.814. The smallest absolute Gasteiger partial charge is 0.0427 e. The van der Waals surface area contributed by atoms with Gasteiger partial charge in [-0.3, -0.25) is 0 Å². The van der Waals surface area contributed by atoms with Crippen molar-refractivity contribution in [3.05, 3.63) is 27.9 Å². The summed E-state index contributed by atoms with van der Waals surface area (Å²) in [5.41, 5.74) is 0. The van der Waals surface area contributed by atoms with Gasteiger partial charge in [0.2, 0.25) is 0 Å². The lowest BCUT2D eigenvalue weighted by atomic mass is 10.4. The molecule has 0 aliphatic carbocycles. The van der Waals surface area contributed by atoms with Crippen molar-refractivity contribution in [1.82, 2.24) is 0 Å². The van der Waals surface area contributed by atoms with Gasteiger partial charge in [-0.25, -0.2) is 0 Å². The second-order valence-corrected chi connectivity index (χ2v) is 5.52. The molecule has 0 fully saturated rings. The van der Waals surface area contributed by atoms with E-state index in [-0.39, 0.29) is 0 Å². The Morgan fingerprint density at radius 1 is 1.00 bits per heavy atom. The molecule has 0 amide bonds. The molecule has 1 aromatic rings. The fourth-order valence-electron chi connectivity index (χ4n) is 0.525. The SMILES string of the molecule is Clc1cc(I)c(I)c(I)c1. The molecule has 0 aliphatic rings. The molecule has 0 saturated heterocycles. The van der Waals surface area contributed by atoms with Gasteiger partial charge in [-0.1, -0.05) is 11.6 Å². The van der Waals surface area contributed by atoms with Crippen LogP contribution in [-0.4, -0.2) is 0 Å². The Kier molecular flexibility index (Phi) is 4.00. The maximum Gasteiger partial charge on any atom is 0.0427 e. The van der Waals surface area contributed by atoms with Crippen molar-refractivity contribution < 1.29 is 0 Å². The lowest BCUT2D eigenvalue weighted by molar-refractivity contribution is 1.52. The van der Waals surface area contributed by atoms with Crippen LogP contribution < -0.4 is 0 Å². The first-order valence-electron chi connectivity index (χ1n) is 2.41. The highest BCUT2D eigenvalue weighted by molar-refractivity contribution is 14.1. The summed E-state index contributed by atoms with van der Waals surface area (Å²) >= 11 is 12.7. The van der Waals surface area contributed by atoms with Crippen LogP contribution in [0.3, 0.4) is 0 Å². The standard InChI is InChI=1S/C6H2ClI3/c7-3-1-4(8)6(10)5(9)2-3/h1-2H. The highest BCUT2D eigenvalue weighted by atomic mass is 127. The molecular weight excluding hydrogens is 488 g/mol. The normalized spacial score (nSPS) is 10.0. The Balaban J connectivity index is 3.31. The van der Waals surface area contributed by atoms with Gasteiger partial charge in [0.15, 0.2) is 0 Å². The average molecular weight is 490 g/mol. The quantitative estimate of drug-likeness (QED) is 0.291. The zero-order valence-corrected chi connectivity index (χ0v) is 11.9. The summed E-state index contributed by atoms with van der Waals surface area (Å²) in [6.07, 6.45) is 0. The van der Waals surface area contributed by atoms with Crippen molar-refractivity contribution in [2.24, 2.45) is 0 Å². The van der Waals surface area contributed by atoms with Crippen LogP contribution >= 0.6 is 79.4 Å². The van der Waals surface area contributed by atoms with Crippen LogP contribution in [0.5, 0.6) is 0 Å². The summed E-state index contributed by atoms with van der Waals surface area (Å²) in [4.78, 5) is 0. The average Bonchev–Trinajstić information content (AvgIpc) is 1.82. The van der Waals surface area contributed by atoms with E-state index in [1.165, 1.54) is 10.7 Å². The van der Waals surface area contributed by atoms with Crippen LogP contribution in [0.15, 0.2) is 12.1 Å². The molecule has 0 radical (unpaired) electrons. The zero-order valence-electron chi connectivity index (χ0n) is 4.67. The van der Waals surface area contributed by atoms with Gasteiger partial charge in [0.1, 0.15) is 0 Å². The van der Waals surface area contributed by atoms with Crippen molar-refractivity contribution in [2.45, 2.75) is 0 Å². The summed E-state index contributed by atoms with van der Waals surface area (Å²) < 4.78 is 3.72. The van der Waals surface area contributed by atoms with Gasteiger partial charge in [0.05, 0.1) is 0 Å². The highest BCUT2D eigenvalue weighted by Crippen LogP contribution is 2.25. The van der Waals surface area contributed by atoms with Crippen molar-refractivity contribution in [3.63, 3.8) is 0 Å². The first-order chi connectivity index (χ1) is 4.61. The monoisotopic (exact) mass is 490 g/mol. The van der Waals surface area contributed by atoms with Crippen LogP contribution in [0.4, 0.5) is 0 Å². The molecular formula is C6H2ClI3. The third-order valence-corrected chi connectivity index (χ3v) is 6.09. The van der Waals surface area contributed by atoms with E-state index in [9.17, 15) is 0 Å². The number of hydrogen-bond donors (Lipinski definition) is 0. The van der Waals surface area contributed by atoms with Crippen LogP contribution in [0, 0.1) is 10.7 Å². The van der Waals surface area contributed by atoms with Crippen LogP contribution in [0.2, 0.25) is 5.02 Å². The summed E-state index contributed by atoms with van der Waals surface area (Å²) in [5.74, 6) is 0. The summed E-state index contributed by atoms with van der Waals surface area (Å²) in [7, 11) is 0. The fraction of sp³-hybridized carbons (Fsp3) is 0. The molecule has 4 heteroatoms. The summed E-state index contributed by atoms with van der Waals surface area (Å²) in [6, 6.07) is 3.93. The maximum atomic E-state index is 5.81. The predicted octanol–water partition coefficient (Wildman–Crippen LogP) is 4.15. The number of benzene rings is 1. The Morgan fingerprint density at radius 2 is 1.40 bits per heavy atom. The van der Waals surface area contributed by atoms with E-state index >= 15 is 0 Å². The van der Waals surface area contributed by atoms with Crippen LogP contribution in [-0.2, 0) is 0 Å². The molecule has 0 aliphatic heterocycles. The summed E-state index contributed by atoms with van der Waals surface area (Å²) in [6.45, 7) is 0.